The van der Waals surface area contributed by atoms with Crippen LogP contribution in [-0.2, 0) is 13.0 Å². The highest BCUT2D eigenvalue weighted by Gasteiger charge is 2.21. The maximum Gasteiger partial charge on any atom is 0.358 e. The van der Waals surface area contributed by atoms with Gasteiger partial charge in [-0.2, -0.15) is 0 Å². The van der Waals surface area contributed by atoms with E-state index in [1.165, 1.54) is 12.1 Å². The number of aromatic nitrogens is 2. The zero-order chi connectivity index (χ0) is 23.4. The Labute approximate surface area is 187 Å². The molecule has 0 fully saturated rings. The van der Waals surface area contributed by atoms with Crippen LogP contribution in [0.15, 0.2) is 77.6 Å². The number of nitrogens with zero attached hydrogens (tertiary/aromatic N) is 1. The molecule has 6 nitrogen and oxygen atoms in total. The highest BCUT2D eigenvalue weighted by molar-refractivity contribution is 5.88. The van der Waals surface area contributed by atoms with E-state index in [9.17, 15) is 23.5 Å². The summed E-state index contributed by atoms with van der Waals surface area (Å²) in [7, 11) is 0. The summed E-state index contributed by atoms with van der Waals surface area (Å²) in [5.74, 6) is -3.76. The first-order valence-corrected chi connectivity index (χ1v) is 9.99. The average Bonchev–Trinajstić information content (AvgIpc) is 2.81. The van der Waals surface area contributed by atoms with E-state index in [1.54, 1.807) is 48.5 Å². The topological polar surface area (TPSA) is 92.3 Å². The predicted molar refractivity (Wildman–Crippen MR) is 117 cm³/mol. The van der Waals surface area contributed by atoms with Gasteiger partial charge in [-0.1, -0.05) is 66.7 Å². The van der Waals surface area contributed by atoms with Crippen molar-refractivity contribution in [2.45, 2.75) is 13.0 Å². The van der Waals surface area contributed by atoms with Crippen molar-refractivity contribution in [3.05, 3.63) is 117 Å². The van der Waals surface area contributed by atoms with Crippen molar-refractivity contribution in [3.63, 3.8) is 0 Å². The summed E-state index contributed by atoms with van der Waals surface area (Å²) < 4.78 is 33.6. The molecule has 0 radical (unpaired) electrons. The molecule has 4 rings (SSSR count). The normalized spacial score (nSPS) is 10.7. The number of benzene rings is 3. The summed E-state index contributed by atoms with van der Waals surface area (Å²) in [6.45, 7) is -0.00704. The van der Waals surface area contributed by atoms with E-state index in [0.717, 1.165) is 11.6 Å². The van der Waals surface area contributed by atoms with Crippen LogP contribution in [0.3, 0.4) is 0 Å². The number of aromatic carboxylic acids is 1. The van der Waals surface area contributed by atoms with Crippen molar-refractivity contribution in [1.82, 2.24) is 9.97 Å². The first-order valence-electron chi connectivity index (χ1n) is 9.99. The van der Waals surface area contributed by atoms with Gasteiger partial charge in [0.2, 0.25) is 5.75 Å². The number of carboxylic acids is 1. The second-order valence-corrected chi connectivity index (χ2v) is 7.21. The number of H-pyrrole nitrogens is 1. The summed E-state index contributed by atoms with van der Waals surface area (Å²) in [5.41, 5.74) is 0.456. The average molecular weight is 448 g/mol. The molecule has 0 amide bonds. The summed E-state index contributed by atoms with van der Waals surface area (Å²) in [5, 5.41) is 9.59. The number of aromatic amines is 1. The fourth-order valence-corrected chi connectivity index (χ4v) is 3.43. The molecule has 166 valence electrons. The molecule has 0 unspecified atom stereocenters. The molecular weight excluding hydrogens is 430 g/mol. The second kappa shape index (κ2) is 9.44. The van der Waals surface area contributed by atoms with Gasteiger partial charge in [0.25, 0.3) is 5.56 Å². The molecule has 0 aliphatic carbocycles. The van der Waals surface area contributed by atoms with Gasteiger partial charge in [0.15, 0.2) is 17.3 Å². The second-order valence-electron chi connectivity index (χ2n) is 7.21. The minimum Gasteiger partial charge on any atom is -0.481 e. The Balaban J connectivity index is 1.68. The van der Waals surface area contributed by atoms with Crippen LogP contribution in [0.5, 0.6) is 5.75 Å². The minimum atomic E-state index is -1.42. The third-order valence-corrected chi connectivity index (χ3v) is 4.97. The minimum absolute atomic E-state index is 0.00704. The van der Waals surface area contributed by atoms with Gasteiger partial charge >= 0.3 is 5.97 Å². The third kappa shape index (κ3) is 4.79. The van der Waals surface area contributed by atoms with Crippen LogP contribution < -0.4 is 10.3 Å². The Bertz CT molecular complexity index is 1370. The molecule has 3 aromatic carbocycles. The molecule has 8 heteroatoms. The van der Waals surface area contributed by atoms with Crippen molar-refractivity contribution in [2.75, 3.05) is 0 Å². The summed E-state index contributed by atoms with van der Waals surface area (Å²) in [6, 6.07) is 19.5. The van der Waals surface area contributed by atoms with Gasteiger partial charge in [0, 0.05) is 12.0 Å². The van der Waals surface area contributed by atoms with E-state index in [-0.39, 0.29) is 24.4 Å². The Kier molecular flexibility index (Phi) is 6.26. The van der Waals surface area contributed by atoms with Crippen molar-refractivity contribution in [3.8, 4) is 16.9 Å². The lowest BCUT2D eigenvalue weighted by Crippen LogP contribution is -2.21. The van der Waals surface area contributed by atoms with Gasteiger partial charge in [0.1, 0.15) is 12.4 Å². The highest BCUT2D eigenvalue weighted by atomic mass is 19.2. The summed E-state index contributed by atoms with van der Waals surface area (Å²) >= 11 is 0. The van der Waals surface area contributed by atoms with Crippen LogP contribution in [0.1, 0.15) is 27.4 Å². The predicted octanol–water partition coefficient (Wildman–Crippen LogP) is 4.58. The van der Waals surface area contributed by atoms with E-state index in [0.29, 0.717) is 11.1 Å². The van der Waals surface area contributed by atoms with Crippen LogP contribution >= 0.6 is 0 Å². The van der Waals surface area contributed by atoms with E-state index in [1.807, 2.05) is 6.07 Å². The zero-order valence-electron chi connectivity index (χ0n) is 17.2. The maximum absolute atomic E-state index is 14.4. The number of carbonyl (C=O) groups is 1. The first-order chi connectivity index (χ1) is 15.9. The molecule has 0 spiro atoms. The van der Waals surface area contributed by atoms with Gasteiger partial charge in [0.05, 0.1) is 0 Å². The van der Waals surface area contributed by atoms with Crippen LogP contribution in [0.4, 0.5) is 8.78 Å². The standard InChI is InChI=1S/C25H18F2N2O4/c26-19-12-6-11-18(21(19)27)17-10-5-4-9-16(17)13-20-28-22(25(31)32)23(24(30)29-20)33-14-15-7-2-1-3-8-15/h1-12H,13-14H2,(H,31,32)(H,28,29,30). The number of nitrogens with one attached hydrogen (secondary N) is 1. The van der Waals surface area contributed by atoms with Crippen LogP contribution in [0, 0.1) is 11.6 Å². The largest absolute Gasteiger partial charge is 0.481 e. The molecule has 0 aliphatic rings. The SMILES string of the molecule is O=C(O)c1nc(Cc2ccccc2-c2cccc(F)c2F)[nH]c(=O)c1OCc1ccccc1. The number of hydrogen-bond donors (Lipinski definition) is 2. The van der Waals surface area contributed by atoms with Gasteiger partial charge in [-0.15, -0.1) is 0 Å². The number of halogens is 2. The molecule has 1 aromatic heterocycles. The molecule has 0 aliphatic heterocycles. The van der Waals surface area contributed by atoms with Gasteiger partial charge < -0.3 is 14.8 Å². The molecule has 0 saturated carbocycles. The summed E-state index contributed by atoms with van der Waals surface area (Å²) in [4.78, 5) is 31.0. The number of carboxylic acid groups (broad SMARTS) is 1. The number of rotatable bonds is 7. The lowest BCUT2D eigenvalue weighted by Gasteiger charge is -2.12. The lowest BCUT2D eigenvalue weighted by atomic mass is 9.97. The van der Waals surface area contributed by atoms with E-state index in [4.69, 9.17) is 4.74 Å². The molecular formula is C25H18F2N2O4. The van der Waals surface area contributed by atoms with Crippen LogP contribution in [0.25, 0.3) is 11.1 Å². The molecule has 0 saturated heterocycles. The Morgan fingerprint density at radius 2 is 1.64 bits per heavy atom. The Morgan fingerprint density at radius 3 is 2.39 bits per heavy atom. The molecule has 1 heterocycles. The fourth-order valence-electron chi connectivity index (χ4n) is 3.43. The molecule has 33 heavy (non-hydrogen) atoms. The van der Waals surface area contributed by atoms with Crippen molar-refractivity contribution < 1.29 is 23.4 Å². The highest BCUT2D eigenvalue weighted by Crippen LogP contribution is 2.29. The van der Waals surface area contributed by atoms with Gasteiger partial charge in [-0.25, -0.2) is 18.6 Å². The molecule has 0 bridgehead atoms. The summed E-state index contributed by atoms with van der Waals surface area (Å²) in [6.07, 6.45) is -0.0133. The molecule has 0 atom stereocenters. The van der Waals surface area contributed by atoms with Gasteiger partial charge in [-0.3, -0.25) is 4.79 Å². The smallest absolute Gasteiger partial charge is 0.358 e. The Hall–Kier alpha value is -4.33. The maximum atomic E-state index is 14.4. The Morgan fingerprint density at radius 1 is 0.939 bits per heavy atom. The van der Waals surface area contributed by atoms with Crippen molar-refractivity contribution in [1.29, 1.82) is 0 Å². The molecule has 2 N–H and O–H groups in total. The van der Waals surface area contributed by atoms with E-state index in [2.05, 4.69) is 9.97 Å². The molecule has 4 aromatic rings. The lowest BCUT2D eigenvalue weighted by molar-refractivity contribution is 0.0683. The number of hydrogen-bond acceptors (Lipinski definition) is 4. The number of ether oxygens (including phenoxy) is 1. The van der Waals surface area contributed by atoms with Crippen LogP contribution in [0.2, 0.25) is 0 Å². The van der Waals surface area contributed by atoms with E-state index >= 15 is 0 Å². The van der Waals surface area contributed by atoms with Crippen molar-refractivity contribution >= 4 is 5.97 Å². The first kappa shape index (κ1) is 21.9. The van der Waals surface area contributed by atoms with Gasteiger partial charge in [-0.05, 0) is 22.8 Å². The monoisotopic (exact) mass is 448 g/mol. The quantitative estimate of drug-likeness (QED) is 0.432. The van der Waals surface area contributed by atoms with E-state index < -0.39 is 34.6 Å². The van der Waals surface area contributed by atoms with Crippen LogP contribution in [-0.4, -0.2) is 21.0 Å². The third-order valence-electron chi connectivity index (χ3n) is 4.97. The fraction of sp³-hybridized carbons (Fsp3) is 0.0800. The van der Waals surface area contributed by atoms with Crippen molar-refractivity contribution in [2.24, 2.45) is 0 Å². The zero-order valence-corrected chi connectivity index (χ0v) is 17.2.